The Morgan fingerprint density at radius 3 is 2.84 bits per heavy atom. The number of rotatable bonds is 1. The van der Waals surface area contributed by atoms with Gasteiger partial charge < -0.3 is 24.6 Å². The van der Waals surface area contributed by atoms with Crippen molar-refractivity contribution in [3.8, 4) is 0 Å². The second-order valence-corrected chi connectivity index (χ2v) is 4.53. The Bertz CT molecular complexity index is 602. The quantitative estimate of drug-likeness (QED) is 0.666. The van der Waals surface area contributed by atoms with Crippen LogP contribution in [0.1, 0.15) is 6.23 Å². The molecule has 0 spiro atoms. The molecule has 1 aliphatic heterocycles. The minimum Gasteiger partial charge on any atom is -0.388 e. The fourth-order valence-corrected chi connectivity index (χ4v) is 2.26. The molecular formula is C12H13FN2O4. The summed E-state index contributed by atoms with van der Waals surface area (Å²) in [5.41, 5.74) is 0.617. The summed E-state index contributed by atoms with van der Waals surface area (Å²) in [7, 11) is 0. The van der Waals surface area contributed by atoms with Crippen LogP contribution in [0.2, 0.25) is 0 Å². The molecule has 7 heteroatoms. The highest BCUT2D eigenvalue weighted by Crippen LogP contribution is 2.28. The number of imidazole rings is 1. The standard InChI is InChI=1S/C12H13FN2O4/c13-6-2-1-3-7-9(6)14-5-15(7)12-11(18)10(17)8(16)4-19-12/h1-3,5,8,10-12,16-18H,4H2/t8-,10-,11-,12-/m1/s1. The molecule has 1 fully saturated rings. The van der Waals surface area contributed by atoms with Crippen LogP contribution in [0.25, 0.3) is 11.0 Å². The van der Waals surface area contributed by atoms with Crippen LogP contribution >= 0.6 is 0 Å². The summed E-state index contributed by atoms with van der Waals surface area (Å²) in [5, 5.41) is 29.0. The van der Waals surface area contributed by atoms with E-state index < -0.39 is 30.4 Å². The molecule has 1 aromatic heterocycles. The van der Waals surface area contributed by atoms with Crippen LogP contribution in [-0.2, 0) is 4.74 Å². The van der Waals surface area contributed by atoms with Gasteiger partial charge in [0.1, 0.15) is 23.8 Å². The molecule has 19 heavy (non-hydrogen) atoms. The Labute approximate surface area is 107 Å². The number of hydrogen-bond acceptors (Lipinski definition) is 5. The molecule has 2 aromatic rings. The van der Waals surface area contributed by atoms with Gasteiger partial charge in [-0.05, 0) is 12.1 Å². The number of para-hydroxylation sites is 1. The number of nitrogens with zero attached hydrogens (tertiary/aromatic N) is 2. The molecule has 0 unspecified atom stereocenters. The number of aliphatic hydroxyl groups excluding tert-OH is 3. The van der Waals surface area contributed by atoms with Crippen LogP contribution in [0.15, 0.2) is 24.5 Å². The molecule has 3 N–H and O–H groups in total. The third-order valence-corrected chi connectivity index (χ3v) is 3.30. The van der Waals surface area contributed by atoms with Crippen LogP contribution in [0.4, 0.5) is 4.39 Å². The molecule has 1 saturated heterocycles. The first kappa shape index (κ1) is 12.5. The normalized spacial score (nSPS) is 31.8. The van der Waals surface area contributed by atoms with Gasteiger partial charge in [-0.3, -0.25) is 0 Å². The molecule has 0 aliphatic carbocycles. The van der Waals surface area contributed by atoms with Gasteiger partial charge in [-0.1, -0.05) is 6.07 Å². The minimum absolute atomic E-state index is 0.113. The summed E-state index contributed by atoms with van der Waals surface area (Å²) >= 11 is 0. The second-order valence-electron chi connectivity index (χ2n) is 4.53. The van der Waals surface area contributed by atoms with Gasteiger partial charge in [0.05, 0.1) is 18.5 Å². The van der Waals surface area contributed by atoms with E-state index in [1.54, 1.807) is 6.07 Å². The van der Waals surface area contributed by atoms with Crippen molar-refractivity contribution >= 4 is 11.0 Å². The number of ether oxygens (including phenoxy) is 1. The zero-order valence-corrected chi connectivity index (χ0v) is 9.85. The van der Waals surface area contributed by atoms with E-state index in [0.29, 0.717) is 5.52 Å². The molecular weight excluding hydrogens is 255 g/mol. The van der Waals surface area contributed by atoms with Crippen LogP contribution < -0.4 is 0 Å². The average Bonchev–Trinajstić information content (AvgIpc) is 2.82. The molecule has 2 heterocycles. The number of aromatic nitrogens is 2. The lowest BCUT2D eigenvalue weighted by Gasteiger charge is -2.35. The Hall–Kier alpha value is -1.54. The van der Waals surface area contributed by atoms with E-state index in [0.717, 1.165) is 0 Å². The fourth-order valence-electron chi connectivity index (χ4n) is 2.26. The third-order valence-electron chi connectivity index (χ3n) is 3.30. The molecule has 0 bridgehead atoms. The summed E-state index contributed by atoms with van der Waals surface area (Å²) in [6.07, 6.45) is -3.34. The van der Waals surface area contributed by atoms with Crippen molar-refractivity contribution in [1.82, 2.24) is 9.55 Å². The summed E-state index contributed by atoms with van der Waals surface area (Å²) in [5.74, 6) is -0.470. The first-order valence-electron chi connectivity index (χ1n) is 5.86. The SMILES string of the molecule is O[C@@H]1[C@H](O)[C@H](O)CO[C@H]1n1cnc2c(F)cccc21. The molecule has 0 amide bonds. The number of aliphatic hydroxyl groups is 3. The fraction of sp³-hybridized carbons (Fsp3) is 0.417. The Balaban J connectivity index is 2.03. The lowest BCUT2D eigenvalue weighted by atomic mass is 10.0. The molecule has 3 rings (SSSR count). The summed E-state index contributed by atoms with van der Waals surface area (Å²) < 4.78 is 20.3. The molecule has 102 valence electrons. The zero-order chi connectivity index (χ0) is 13.6. The maximum absolute atomic E-state index is 13.5. The van der Waals surface area contributed by atoms with E-state index in [1.807, 2.05) is 0 Å². The molecule has 4 atom stereocenters. The summed E-state index contributed by atoms with van der Waals surface area (Å²) in [6.45, 7) is -0.113. The Morgan fingerprint density at radius 1 is 1.26 bits per heavy atom. The van der Waals surface area contributed by atoms with E-state index in [-0.39, 0.29) is 12.1 Å². The van der Waals surface area contributed by atoms with Gasteiger partial charge >= 0.3 is 0 Å². The average molecular weight is 268 g/mol. The predicted molar refractivity (Wildman–Crippen MR) is 62.7 cm³/mol. The molecule has 0 saturated carbocycles. The number of hydrogen-bond donors (Lipinski definition) is 3. The van der Waals surface area contributed by atoms with Gasteiger partial charge in [0.25, 0.3) is 0 Å². The van der Waals surface area contributed by atoms with Crippen molar-refractivity contribution in [1.29, 1.82) is 0 Å². The van der Waals surface area contributed by atoms with E-state index in [4.69, 9.17) is 4.74 Å². The van der Waals surface area contributed by atoms with E-state index in [9.17, 15) is 19.7 Å². The lowest BCUT2D eigenvalue weighted by molar-refractivity contribution is -0.209. The van der Waals surface area contributed by atoms with Gasteiger partial charge in [-0.25, -0.2) is 9.37 Å². The van der Waals surface area contributed by atoms with Crippen molar-refractivity contribution < 1.29 is 24.4 Å². The summed E-state index contributed by atoms with van der Waals surface area (Å²) in [4.78, 5) is 3.92. The Morgan fingerprint density at radius 2 is 2.05 bits per heavy atom. The number of halogens is 1. The van der Waals surface area contributed by atoms with Crippen molar-refractivity contribution in [2.45, 2.75) is 24.5 Å². The van der Waals surface area contributed by atoms with Crippen LogP contribution in [0, 0.1) is 5.82 Å². The lowest BCUT2D eigenvalue weighted by Crippen LogP contribution is -2.50. The van der Waals surface area contributed by atoms with Crippen molar-refractivity contribution in [3.63, 3.8) is 0 Å². The van der Waals surface area contributed by atoms with Gasteiger partial charge in [0, 0.05) is 0 Å². The highest BCUT2D eigenvalue weighted by atomic mass is 19.1. The van der Waals surface area contributed by atoms with Crippen molar-refractivity contribution in [2.75, 3.05) is 6.61 Å². The van der Waals surface area contributed by atoms with Gasteiger partial charge in [0.2, 0.25) is 0 Å². The molecule has 1 aliphatic rings. The minimum atomic E-state index is -1.32. The Kier molecular flexibility index (Phi) is 2.98. The molecule has 6 nitrogen and oxygen atoms in total. The highest BCUT2D eigenvalue weighted by Gasteiger charge is 2.39. The maximum Gasteiger partial charge on any atom is 0.164 e. The first-order valence-corrected chi connectivity index (χ1v) is 5.86. The van der Waals surface area contributed by atoms with Crippen LogP contribution in [0.3, 0.4) is 0 Å². The van der Waals surface area contributed by atoms with E-state index in [1.165, 1.54) is 23.0 Å². The summed E-state index contributed by atoms with van der Waals surface area (Å²) in [6, 6.07) is 4.45. The van der Waals surface area contributed by atoms with E-state index >= 15 is 0 Å². The van der Waals surface area contributed by atoms with Crippen molar-refractivity contribution in [3.05, 3.63) is 30.3 Å². The highest BCUT2D eigenvalue weighted by molar-refractivity contribution is 5.75. The van der Waals surface area contributed by atoms with Gasteiger partial charge in [0.15, 0.2) is 12.0 Å². The monoisotopic (exact) mass is 268 g/mol. The molecule has 0 radical (unpaired) electrons. The van der Waals surface area contributed by atoms with Gasteiger partial charge in [-0.15, -0.1) is 0 Å². The second kappa shape index (κ2) is 4.53. The third kappa shape index (κ3) is 1.91. The number of benzene rings is 1. The van der Waals surface area contributed by atoms with Crippen LogP contribution in [-0.4, -0.2) is 49.8 Å². The van der Waals surface area contributed by atoms with E-state index in [2.05, 4.69) is 4.98 Å². The van der Waals surface area contributed by atoms with Gasteiger partial charge in [-0.2, -0.15) is 0 Å². The van der Waals surface area contributed by atoms with Crippen molar-refractivity contribution in [2.24, 2.45) is 0 Å². The first-order chi connectivity index (χ1) is 9.09. The predicted octanol–water partition coefficient (Wildman–Crippen LogP) is -0.213. The topological polar surface area (TPSA) is 87.7 Å². The smallest absolute Gasteiger partial charge is 0.164 e. The number of fused-ring (bicyclic) bond motifs is 1. The molecule has 1 aromatic carbocycles. The largest absolute Gasteiger partial charge is 0.388 e. The zero-order valence-electron chi connectivity index (χ0n) is 9.85. The van der Waals surface area contributed by atoms with Crippen LogP contribution in [0.5, 0.6) is 0 Å². The maximum atomic E-state index is 13.5.